The van der Waals surface area contributed by atoms with Crippen LogP contribution in [0.1, 0.15) is 48.0 Å². The molecule has 0 aliphatic carbocycles. The van der Waals surface area contributed by atoms with Crippen molar-refractivity contribution in [3.05, 3.63) is 35.4 Å². The number of nitrogens with one attached hydrogen (secondary N) is 1. The molecule has 1 amide bonds. The van der Waals surface area contributed by atoms with Gasteiger partial charge in [-0.2, -0.15) is 0 Å². The summed E-state index contributed by atoms with van der Waals surface area (Å²) < 4.78 is 0. The lowest BCUT2D eigenvalue weighted by Gasteiger charge is -2.20. The van der Waals surface area contributed by atoms with Gasteiger partial charge in [0.1, 0.15) is 6.29 Å². The van der Waals surface area contributed by atoms with E-state index in [4.69, 9.17) is 0 Å². The molecule has 1 aliphatic heterocycles. The fourth-order valence-corrected chi connectivity index (χ4v) is 2.90. The fraction of sp³-hybridized carbons (Fsp3) is 0.556. The molecule has 4 nitrogen and oxygen atoms in total. The highest BCUT2D eigenvalue weighted by Crippen LogP contribution is 2.14. The SMILES string of the molecule is CN1CCCCCCc2ccccc2C(=O)N[C@H](C=O)CC1. The van der Waals surface area contributed by atoms with Crippen molar-refractivity contribution in [3.8, 4) is 0 Å². The second-order valence-corrected chi connectivity index (χ2v) is 6.13. The first kappa shape index (κ1) is 16.7. The van der Waals surface area contributed by atoms with Gasteiger partial charge in [-0.25, -0.2) is 0 Å². The van der Waals surface area contributed by atoms with Crippen LogP contribution in [0.15, 0.2) is 24.3 Å². The van der Waals surface area contributed by atoms with Crippen LogP contribution in [0, 0.1) is 0 Å². The normalized spacial score (nSPS) is 22.2. The molecule has 0 saturated carbocycles. The van der Waals surface area contributed by atoms with Gasteiger partial charge in [-0.3, -0.25) is 4.79 Å². The molecule has 0 radical (unpaired) electrons. The highest BCUT2D eigenvalue weighted by Gasteiger charge is 2.16. The van der Waals surface area contributed by atoms with Crippen LogP contribution in [0.3, 0.4) is 0 Å². The van der Waals surface area contributed by atoms with Crippen molar-refractivity contribution in [2.24, 2.45) is 0 Å². The van der Waals surface area contributed by atoms with Gasteiger partial charge in [0.2, 0.25) is 0 Å². The van der Waals surface area contributed by atoms with Gasteiger partial charge in [0.25, 0.3) is 5.91 Å². The number of fused-ring (bicyclic) bond motifs is 1. The molecule has 4 heteroatoms. The van der Waals surface area contributed by atoms with Crippen molar-refractivity contribution in [1.29, 1.82) is 0 Å². The first-order valence-corrected chi connectivity index (χ1v) is 8.23. The number of hydrogen-bond acceptors (Lipinski definition) is 3. The van der Waals surface area contributed by atoms with Crippen LogP contribution in [-0.4, -0.2) is 43.3 Å². The van der Waals surface area contributed by atoms with Gasteiger partial charge in [0.05, 0.1) is 6.04 Å². The van der Waals surface area contributed by atoms with E-state index in [9.17, 15) is 9.59 Å². The highest BCUT2D eigenvalue weighted by molar-refractivity contribution is 5.97. The Morgan fingerprint density at radius 2 is 1.91 bits per heavy atom. The lowest BCUT2D eigenvalue weighted by Crippen LogP contribution is -2.39. The Morgan fingerprint density at radius 1 is 1.14 bits per heavy atom. The van der Waals surface area contributed by atoms with Crippen LogP contribution in [0.25, 0.3) is 0 Å². The minimum atomic E-state index is -0.411. The minimum absolute atomic E-state index is 0.132. The molecule has 1 aliphatic rings. The number of aryl methyl sites for hydroxylation is 1. The van der Waals surface area contributed by atoms with Gasteiger partial charge in [-0.05, 0) is 50.9 Å². The quantitative estimate of drug-likeness (QED) is 0.811. The van der Waals surface area contributed by atoms with E-state index in [2.05, 4.69) is 17.3 Å². The summed E-state index contributed by atoms with van der Waals surface area (Å²) in [6.45, 7) is 1.88. The summed E-state index contributed by atoms with van der Waals surface area (Å²) in [5, 5.41) is 2.86. The van der Waals surface area contributed by atoms with Crippen LogP contribution in [0.2, 0.25) is 0 Å². The monoisotopic (exact) mass is 302 g/mol. The van der Waals surface area contributed by atoms with Crippen molar-refractivity contribution >= 4 is 12.2 Å². The first-order valence-electron chi connectivity index (χ1n) is 8.23. The van der Waals surface area contributed by atoms with Crippen molar-refractivity contribution in [2.75, 3.05) is 20.1 Å². The molecule has 1 heterocycles. The third-order valence-electron chi connectivity index (χ3n) is 4.30. The zero-order valence-electron chi connectivity index (χ0n) is 13.4. The molecule has 0 aromatic heterocycles. The van der Waals surface area contributed by atoms with Crippen LogP contribution in [0.5, 0.6) is 0 Å². The van der Waals surface area contributed by atoms with E-state index >= 15 is 0 Å². The van der Waals surface area contributed by atoms with Crippen molar-refractivity contribution in [1.82, 2.24) is 10.2 Å². The van der Waals surface area contributed by atoms with Gasteiger partial charge in [-0.1, -0.05) is 31.0 Å². The highest BCUT2D eigenvalue weighted by atomic mass is 16.2. The van der Waals surface area contributed by atoms with Gasteiger partial charge in [0.15, 0.2) is 0 Å². The molecule has 1 N–H and O–H groups in total. The Morgan fingerprint density at radius 3 is 2.73 bits per heavy atom. The van der Waals surface area contributed by atoms with E-state index < -0.39 is 6.04 Å². The summed E-state index contributed by atoms with van der Waals surface area (Å²) in [6, 6.07) is 7.31. The lowest BCUT2D eigenvalue weighted by atomic mass is 9.99. The van der Waals surface area contributed by atoms with E-state index in [0.29, 0.717) is 12.0 Å². The third-order valence-corrected chi connectivity index (χ3v) is 4.30. The Labute approximate surface area is 132 Å². The predicted molar refractivity (Wildman–Crippen MR) is 88.0 cm³/mol. The average Bonchev–Trinajstić information content (AvgIpc) is 2.54. The Bertz CT molecular complexity index is 502. The zero-order chi connectivity index (χ0) is 15.8. The van der Waals surface area contributed by atoms with Crippen molar-refractivity contribution in [2.45, 2.75) is 44.6 Å². The fourth-order valence-electron chi connectivity index (χ4n) is 2.90. The number of aldehydes is 1. The van der Waals surface area contributed by atoms with E-state index in [-0.39, 0.29) is 5.91 Å². The third kappa shape index (κ3) is 4.95. The van der Waals surface area contributed by atoms with Crippen LogP contribution in [0.4, 0.5) is 0 Å². The molecule has 1 atom stereocenters. The number of carbonyl (C=O) groups excluding carboxylic acids is 2. The van der Waals surface area contributed by atoms with Crippen molar-refractivity contribution < 1.29 is 9.59 Å². The smallest absolute Gasteiger partial charge is 0.252 e. The van der Waals surface area contributed by atoms with Crippen LogP contribution in [-0.2, 0) is 11.2 Å². The Hall–Kier alpha value is -1.68. The molecule has 1 aromatic carbocycles. The second-order valence-electron chi connectivity index (χ2n) is 6.13. The summed E-state index contributed by atoms with van der Waals surface area (Å²) in [6.07, 6.45) is 7.14. The largest absolute Gasteiger partial charge is 0.342 e. The topological polar surface area (TPSA) is 49.4 Å². The van der Waals surface area contributed by atoms with Crippen LogP contribution >= 0.6 is 0 Å². The van der Waals surface area contributed by atoms with Crippen molar-refractivity contribution in [3.63, 3.8) is 0 Å². The van der Waals surface area contributed by atoms with Gasteiger partial charge < -0.3 is 15.0 Å². The summed E-state index contributed by atoms with van der Waals surface area (Å²) >= 11 is 0. The Balaban J connectivity index is 2.13. The molecule has 0 fully saturated rings. The number of nitrogens with zero attached hydrogens (tertiary/aromatic N) is 1. The maximum absolute atomic E-state index is 12.4. The van der Waals surface area contributed by atoms with Gasteiger partial charge in [0, 0.05) is 12.1 Å². The predicted octanol–water partition coefficient (Wildman–Crippen LogP) is 2.42. The number of amides is 1. The summed E-state index contributed by atoms with van der Waals surface area (Å²) in [4.78, 5) is 25.9. The number of benzene rings is 1. The molecule has 1 aromatic rings. The van der Waals surface area contributed by atoms with Gasteiger partial charge >= 0.3 is 0 Å². The average molecular weight is 302 g/mol. The van der Waals surface area contributed by atoms with E-state index in [1.54, 1.807) is 0 Å². The second kappa shape index (κ2) is 8.69. The molecule has 120 valence electrons. The first-order chi connectivity index (χ1) is 10.7. The standard InChI is InChI=1S/C18H26N2O2/c1-20-12-7-3-2-4-8-15-9-5-6-10-17(15)18(22)19-16(14-21)11-13-20/h5-6,9-10,14,16H,2-4,7-8,11-13H2,1H3,(H,19,22)/t16-/m0/s1. The van der Waals surface area contributed by atoms with E-state index in [1.165, 1.54) is 19.3 Å². The number of carbonyl (C=O) groups is 2. The molecule has 0 saturated heterocycles. The zero-order valence-corrected chi connectivity index (χ0v) is 13.4. The maximum atomic E-state index is 12.4. The molecular formula is C18H26N2O2. The molecule has 0 bridgehead atoms. The van der Waals surface area contributed by atoms with Gasteiger partial charge in [-0.15, -0.1) is 0 Å². The number of hydrogen-bond donors (Lipinski definition) is 1. The summed E-state index contributed by atoms with van der Waals surface area (Å²) in [7, 11) is 2.07. The number of rotatable bonds is 1. The van der Waals surface area contributed by atoms with Crippen LogP contribution < -0.4 is 5.32 Å². The molecule has 2 rings (SSSR count). The van der Waals surface area contributed by atoms with E-state index in [0.717, 1.165) is 37.8 Å². The molecular weight excluding hydrogens is 276 g/mol. The molecule has 0 spiro atoms. The molecule has 0 unspecified atom stereocenters. The molecule has 22 heavy (non-hydrogen) atoms. The van der Waals surface area contributed by atoms with E-state index in [1.807, 2.05) is 24.3 Å². The summed E-state index contributed by atoms with van der Waals surface area (Å²) in [5.41, 5.74) is 1.79. The Kier molecular flexibility index (Phi) is 6.59. The lowest BCUT2D eigenvalue weighted by molar-refractivity contribution is -0.109. The maximum Gasteiger partial charge on any atom is 0.252 e. The summed E-state index contributed by atoms with van der Waals surface area (Å²) in [5.74, 6) is -0.132. The minimum Gasteiger partial charge on any atom is -0.342 e.